The Morgan fingerprint density at radius 3 is 2.58 bits per heavy atom. The van der Waals surface area contributed by atoms with Crippen molar-refractivity contribution < 1.29 is 14.7 Å². The van der Waals surface area contributed by atoms with Crippen LogP contribution in [0.4, 0.5) is 11.8 Å². The largest absolute Gasteiger partial charge is 0.366 e. The van der Waals surface area contributed by atoms with Crippen LogP contribution in [0.15, 0.2) is 43.1 Å². The second kappa shape index (κ2) is 10.2. The number of benzene rings is 1. The number of piperazine rings is 1. The predicted octanol–water partition coefficient (Wildman–Crippen LogP) is 3.40. The van der Waals surface area contributed by atoms with Crippen molar-refractivity contribution in [2.24, 2.45) is 5.92 Å². The monoisotopic (exact) mass is 492 g/mol. The van der Waals surface area contributed by atoms with Crippen LogP contribution >= 0.6 is 0 Å². The minimum atomic E-state index is -0.0130. The molecule has 2 unspecified atom stereocenters. The molecule has 1 amide bonds. The highest BCUT2D eigenvalue weighted by molar-refractivity contribution is 5.87. The number of hydrogen-bond donors (Lipinski definition) is 1. The molecule has 10 heteroatoms. The molecule has 0 spiro atoms. The van der Waals surface area contributed by atoms with Gasteiger partial charge in [0.15, 0.2) is 6.61 Å². The van der Waals surface area contributed by atoms with Gasteiger partial charge in [0.2, 0.25) is 17.7 Å². The Morgan fingerprint density at radius 2 is 1.92 bits per heavy atom. The third-order valence-corrected chi connectivity index (χ3v) is 7.39. The molecular formula is C26H34N7O3+. The normalized spacial score (nSPS) is 19.8. The highest BCUT2D eigenvalue weighted by Crippen LogP contribution is 2.40. The predicted molar refractivity (Wildman–Crippen MR) is 136 cm³/mol. The van der Waals surface area contributed by atoms with Gasteiger partial charge >= 0.3 is 5.03 Å². The summed E-state index contributed by atoms with van der Waals surface area (Å²) in [5.41, 5.74) is 3.22. The van der Waals surface area contributed by atoms with Gasteiger partial charge in [-0.2, -0.15) is 9.82 Å². The molecule has 5 rings (SSSR count). The van der Waals surface area contributed by atoms with E-state index in [2.05, 4.69) is 58.0 Å². The van der Waals surface area contributed by atoms with Crippen LogP contribution in [0.1, 0.15) is 55.0 Å². The summed E-state index contributed by atoms with van der Waals surface area (Å²) in [7, 11) is 1.61. The van der Waals surface area contributed by atoms with E-state index in [4.69, 9.17) is 4.84 Å². The number of fused-ring (bicyclic) bond motifs is 1. The first-order valence-corrected chi connectivity index (χ1v) is 12.6. The molecule has 36 heavy (non-hydrogen) atoms. The Morgan fingerprint density at radius 1 is 1.22 bits per heavy atom. The summed E-state index contributed by atoms with van der Waals surface area (Å²) in [5.74, 6) is 1.82. The zero-order chi connectivity index (χ0) is 25.2. The van der Waals surface area contributed by atoms with Gasteiger partial charge in [-0.05, 0) is 41.5 Å². The molecule has 0 radical (unpaired) electrons. The lowest BCUT2D eigenvalue weighted by Crippen LogP contribution is -2.49. The smallest absolute Gasteiger partial charge is 0.348 e. The molecule has 1 aliphatic carbocycles. The van der Waals surface area contributed by atoms with Crippen molar-refractivity contribution in [3.05, 3.63) is 64.7 Å². The molecule has 10 nitrogen and oxygen atoms in total. The number of hydrogen-bond acceptors (Lipinski definition) is 7. The van der Waals surface area contributed by atoms with Crippen molar-refractivity contribution in [3.8, 4) is 0 Å². The van der Waals surface area contributed by atoms with E-state index in [9.17, 15) is 9.70 Å². The van der Waals surface area contributed by atoms with Gasteiger partial charge in [0.05, 0.1) is 18.7 Å². The van der Waals surface area contributed by atoms with E-state index in [-0.39, 0.29) is 18.6 Å². The molecule has 3 heterocycles. The molecule has 2 aromatic rings. The zero-order valence-corrected chi connectivity index (χ0v) is 21.0. The van der Waals surface area contributed by atoms with Crippen molar-refractivity contribution >= 4 is 17.7 Å². The van der Waals surface area contributed by atoms with E-state index < -0.39 is 0 Å². The van der Waals surface area contributed by atoms with Crippen molar-refractivity contribution in [2.45, 2.75) is 44.9 Å². The SMILES string of the molecule is C=CC(=O)N1CCN(C(CC2CC2)c2ccc(C(C)Nc3ncc4c(n3)N(C)[N+](=O)OC4)cc2)CC1. The number of anilines is 2. The highest BCUT2D eigenvalue weighted by atomic mass is 16.8. The lowest BCUT2D eigenvalue weighted by Gasteiger charge is -2.39. The molecule has 2 aliphatic heterocycles. The van der Waals surface area contributed by atoms with Gasteiger partial charge in [0.1, 0.15) is 4.91 Å². The van der Waals surface area contributed by atoms with Crippen LogP contribution in [-0.4, -0.2) is 63.9 Å². The van der Waals surface area contributed by atoms with Gasteiger partial charge in [0, 0.05) is 38.4 Å². The number of rotatable bonds is 8. The summed E-state index contributed by atoms with van der Waals surface area (Å²) in [6.07, 6.45) is 6.90. The molecule has 1 saturated carbocycles. The lowest BCUT2D eigenvalue weighted by atomic mass is 9.96. The van der Waals surface area contributed by atoms with E-state index in [1.165, 1.54) is 35.9 Å². The van der Waals surface area contributed by atoms with E-state index >= 15 is 0 Å². The van der Waals surface area contributed by atoms with Crippen LogP contribution in [0.3, 0.4) is 0 Å². The van der Waals surface area contributed by atoms with E-state index in [1.807, 2.05) is 4.90 Å². The van der Waals surface area contributed by atoms with Crippen LogP contribution < -0.4 is 10.3 Å². The molecular weight excluding hydrogens is 458 g/mol. The molecule has 2 fully saturated rings. The molecule has 1 aromatic carbocycles. The minimum Gasteiger partial charge on any atom is -0.348 e. The maximum atomic E-state index is 12.0. The lowest BCUT2D eigenvalue weighted by molar-refractivity contribution is -0.818. The number of hydrazine groups is 1. The summed E-state index contributed by atoms with van der Waals surface area (Å²) < 4.78 is 0. The van der Waals surface area contributed by atoms with Crippen LogP contribution in [0.5, 0.6) is 0 Å². The van der Waals surface area contributed by atoms with Crippen LogP contribution in [0, 0.1) is 10.8 Å². The first-order valence-electron chi connectivity index (χ1n) is 12.6. The number of nitrogens with zero attached hydrogens (tertiary/aromatic N) is 6. The molecule has 1 saturated heterocycles. The Hall–Kier alpha value is -3.53. The highest BCUT2D eigenvalue weighted by Gasteiger charge is 2.33. The van der Waals surface area contributed by atoms with Gasteiger partial charge in [-0.15, -0.1) is 0 Å². The van der Waals surface area contributed by atoms with Crippen molar-refractivity contribution in [1.29, 1.82) is 0 Å². The van der Waals surface area contributed by atoms with Gasteiger partial charge in [-0.3, -0.25) is 9.69 Å². The molecule has 1 N–H and O–H groups in total. The number of nitrogens with one attached hydrogen (secondary N) is 1. The van der Waals surface area contributed by atoms with Gasteiger partial charge in [-0.1, -0.05) is 43.7 Å². The summed E-state index contributed by atoms with van der Waals surface area (Å²) >= 11 is 0. The van der Waals surface area contributed by atoms with Crippen LogP contribution in [-0.2, 0) is 16.2 Å². The van der Waals surface area contributed by atoms with Crippen molar-refractivity contribution in [1.82, 2.24) is 19.8 Å². The quantitative estimate of drug-likeness (QED) is 0.561. The van der Waals surface area contributed by atoms with Crippen LogP contribution in [0.2, 0.25) is 0 Å². The maximum Gasteiger partial charge on any atom is 0.366 e. The molecule has 2 atom stereocenters. The standard InChI is InChI=1S/C26H34N7O3/c1-4-24(34)32-13-11-31(12-14-32)23(15-19-5-6-19)21-9-7-20(8-10-21)18(2)28-26-27-16-22-17-36-33(35)30(3)25(22)29-26/h4,7-10,16,18-19,23H,1,5-6,11-15,17H2,2-3H3,(H,27,28,29)/q+1. The summed E-state index contributed by atoms with van der Waals surface area (Å²) in [5, 5.41) is 5.10. The summed E-state index contributed by atoms with van der Waals surface area (Å²) in [6.45, 7) is 9.10. The fourth-order valence-electron chi connectivity index (χ4n) is 4.97. The number of carbonyl (C=O) groups is 1. The van der Waals surface area contributed by atoms with Crippen LogP contribution in [0.25, 0.3) is 0 Å². The van der Waals surface area contributed by atoms with E-state index in [0.717, 1.165) is 43.2 Å². The molecule has 1 aromatic heterocycles. The third-order valence-electron chi connectivity index (χ3n) is 7.39. The molecule has 3 aliphatic rings. The number of amides is 1. The van der Waals surface area contributed by atoms with E-state index in [1.54, 1.807) is 13.2 Å². The fraction of sp³-hybridized carbons (Fsp3) is 0.500. The molecule has 190 valence electrons. The van der Waals surface area contributed by atoms with Crippen molar-refractivity contribution in [2.75, 3.05) is 43.6 Å². The Kier molecular flexibility index (Phi) is 6.86. The minimum absolute atomic E-state index is 0.0130. The second-order valence-electron chi connectivity index (χ2n) is 9.87. The van der Waals surface area contributed by atoms with Gasteiger partial charge in [0.25, 0.3) is 0 Å². The third kappa shape index (κ3) is 5.18. The average molecular weight is 493 g/mol. The summed E-state index contributed by atoms with van der Waals surface area (Å²) in [6, 6.07) is 9.16. The fourth-order valence-corrected chi connectivity index (χ4v) is 4.97. The van der Waals surface area contributed by atoms with Crippen molar-refractivity contribution in [3.63, 3.8) is 0 Å². The first-order chi connectivity index (χ1) is 17.4. The zero-order valence-electron chi connectivity index (χ0n) is 21.0. The Bertz CT molecular complexity index is 1130. The molecule has 0 bridgehead atoms. The average Bonchev–Trinajstić information content (AvgIpc) is 3.74. The summed E-state index contributed by atoms with van der Waals surface area (Å²) in [4.78, 5) is 42.1. The number of carbonyl (C=O) groups excluding carboxylic acids is 1. The maximum absolute atomic E-state index is 12.0. The number of aromatic nitrogens is 2. The Labute approximate surface area is 211 Å². The second-order valence-corrected chi connectivity index (χ2v) is 9.87. The van der Waals surface area contributed by atoms with E-state index in [0.29, 0.717) is 22.8 Å². The topological polar surface area (TPSA) is 93.9 Å². The Balaban J connectivity index is 1.26. The first kappa shape index (κ1) is 24.2. The van der Waals surface area contributed by atoms with Gasteiger partial charge < -0.3 is 10.2 Å². The van der Waals surface area contributed by atoms with Gasteiger partial charge in [-0.25, -0.2) is 4.98 Å².